The normalized spacial score (nSPS) is 14.3. The molecule has 4 rings (SSSR count). The van der Waals surface area contributed by atoms with E-state index in [9.17, 15) is 4.79 Å². The van der Waals surface area contributed by atoms with Crippen LogP contribution in [0.25, 0.3) is 6.08 Å². The molecule has 0 saturated carbocycles. The number of benzene rings is 3. The number of methoxy groups -OCH3 is 1. The molecule has 9 heteroatoms. The van der Waals surface area contributed by atoms with Gasteiger partial charge < -0.3 is 14.2 Å². The molecule has 1 aliphatic rings. The maximum Gasteiger partial charge on any atom is 0.363 e. The van der Waals surface area contributed by atoms with Crippen LogP contribution in [0.4, 0.5) is 0 Å². The van der Waals surface area contributed by atoms with Crippen LogP contribution in [0.2, 0.25) is 15.1 Å². The number of hydrogen-bond acceptors (Lipinski definition) is 5. The Bertz CT molecular complexity index is 1310. The Kier molecular flexibility index (Phi) is 7.29. The highest BCUT2D eigenvalue weighted by Gasteiger charge is 2.26. The first kappa shape index (κ1) is 23.6. The molecule has 33 heavy (non-hydrogen) atoms. The average Bonchev–Trinajstić information content (AvgIpc) is 3.12. The van der Waals surface area contributed by atoms with Crippen LogP contribution in [0.15, 0.2) is 69.8 Å². The summed E-state index contributed by atoms with van der Waals surface area (Å²) >= 11 is 22.0. The summed E-state index contributed by atoms with van der Waals surface area (Å²) < 4.78 is 17.6. The summed E-state index contributed by atoms with van der Waals surface area (Å²) in [5.74, 6) is 0.300. The summed E-state index contributed by atoms with van der Waals surface area (Å²) in [7, 11) is 1.51. The van der Waals surface area contributed by atoms with E-state index in [0.717, 1.165) is 10.0 Å². The highest BCUT2D eigenvalue weighted by atomic mass is 79.9. The quantitative estimate of drug-likeness (QED) is 0.231. The zero-order chi connectivity index (χ0) is 23.5. The van der Waals surface area contributed by atoms with Crippen molar-refractivity contribution in [2.45, 2.75) is 6.61 Å². The largest absolute Gasteiger partial charge is 0.493 e. The minimum atomic E-state index is -0.610. The number of nitrogens with zero attached hydrogens (tertiary/aromatic N) is 1. The molecule has 0 bridgehead atoms. The number of halogens is 4. The monoisotopic (exact) mass is 565 g/mol. The maximum absolute atomic E-state index is 12.4. The van der Waals surface area contributed by atoms with E-state index in [1.54, 1.807) is 36.4 Å². The fraction of sp³-hybridized carbons (Fsp3) is 0.0833. The molecule has 0 unspecified atom stereocenters. The smallest absolute Gasteiger partial charge is 0.363 e. The van der Waals surface area contributed by atoms with E-state index >= 15 is 0 Å². The molecule has 5 nitrogen and oxygen atoms in total. The third kappa shape index (κ3) is 5.53. The Morgan fingerprint density at radius 1 is 1.06 bits per heavy atom. The van der Waals surface area contributed by atoms with Crippen LogP contribution in [-0.4, -0.2) is 19.0 Å². The minimum Gasteiger partial charge on any atom is -0.493 e. The van der Waals surface area contributed by atoms with Crippen molar-refractivity contribution in [1.29, 1.82) is 0 Å². The van der Waals surface area contributed by atoms with Crippen molar-refractivity contribution in [1.82, 2.24) is 0 Å². The molecule has 1 aliphatic heterocycles. The van der Waals surface area contributed by atoms with E-state index in [-0.39, 0.29) is 11.6 Å². The van der Waals surface area contributed by atoms with Crippen LogP contribution < -0.4 is 9.47 Å². The Morgan fingerprint density at radius 3 is 2.61 bits per heavy atom. The van der Waals surface area contributed by atoms with Crippen molar-refractivity contribution >= 4 is 68.7 Å². The van der Waals surface area contributed by atoms with Gasteiger partial charge in [0, 0.05) is 9.50 Å². The molecule has 1 heterocycles. The number of carbonyl (C=O) groups is 1. The topological polar surface area (TPSA) is 57.1 Å². The molecule has 0 amide bonds. The van der Waals surface area contributed by atoms with Gasteiger partial charge in [-0.05, 0) is 59.7 Å². The summed E-state index contributed by atoms with van der Waals surface area (Å²) in [5, 5.41) is 1.12. The van der Waals surface area contributed by atoms with Gasteiger partial charge >= 0.3 is 5.97 Å². The van der Waals surface area contributed by atoms with Gasteiger partial charge in [0.2, 0.25) is 5.90 Å². The minimum absolute atomic E-state index is 0.0944. The molecule has 3 aromatic rings. The number of esters is 1. The van der Waals surface area contributed by atoms with Crippen LogP contribution in [-0.2, 0) is 16.1 Å². The molecular formula is C24H15BrCl3NO4. The zero-order valence-corrected chi connectivity index (χ0v) is 20.9. The third-order valence-corrected chi connectivity index (χ3v) is 5.93. The van der Waals surface area contributed by atoms with E-state index in [1.165, 1.54) is 7.11 Å². The molecule has 0 saturated heterocycles. The van der Waals surface area contributed by atoms with Crippen molar-refractivity contribution in [3.63, 3.8) is 0 Å². The SMILES string of the molecule is COc1cc(/C=C2\N=C(c3ccc(Cl)cc3Cl)OC2=O)cc(Cl)c1OCc1cccc(Br)c1. The Hall–Kier alpha value is -2.51. The van der Waals surface area contributed by atoms with Crippen molar-refractivity contribution < 1.29 is 19.0 Å². The van der Waals surface area contributed by atoms with Gasteiger partial charge in [-0.25, -0.2) is 9.79 Å². The zero-order valence-electron chi connectivity index (χ0n) is 17.1. The Labute approximate surface area is 213 Å². The van der Waals surface area contributed by atoms with Gasteiger partial charge in [-0.3, -0.25) is 0 Å². The van der Waals surface area contributed by atoms with Crippen LogP contribution in [0.3, 0.4) is 0 Å². The number of hydrogen-bond donors (Lipinski definition) is 0. The molecule has 0 aliphatic carbocycles. The van der Waals surface area contributed by atoms with Gasteiger partial charge in [0.25, 0.3) is 0 Å². The maximum atomic E-state index is 12.4. The van der Waals surface area contributed by atoms with Crippen LogP contribution >= 0.6 is 50.7 Å². The number of cyclic esters (lactones) is 1. The second-order valence-corrected chi connectivity index (χ2v) is 9.08. The lowest BCUT2D eigenvalue weighted by molar-refractivity contribution is -0.129. The molecule has 3 aromatic carbocycles. The Balaban J connectivity index is 1.60. The highest BCUT2D eigenvalue weighted by Crippen LogP contribution is 2.38. The fourth-order valence-electron chi connectivity index (χ4n) is 3.09. The summed E-state index contributed by atoms with van der Waals surface area (Å²) in [6, 6.07) is 15.9. The predicted molar refractivity (Wildman–Crippen MR) is 134 cm³/mol. The lowest BCUT2D eigenvalue weighted by atomic mass is 10.1. The Morgan fingerprint density at radius 2 is 1.88 bits per heavy atom. The molecule has 0 radical (unpaired) electrons. The first-order chi connectivity index (χ1) is 15.8. The molecular weight excluding hydrogens is 553 g/mol. The summed E-state index contributed by atoms with van der Waals surface area (Å²) in [6.07, 6.45) is 1.55. The molecule has 0 N–H and O–H groups in total. The van der Waals surface area contributed by atoms with Gasteiger partial charge in [0.15, 0.2) is 17.2 Å². The predicted octanol–water partition coefficient (Wildman–Crippen LogP) is 7.34. The molecule has 0 fully saturated rings. The molecule has 168 valence electrons. The van der Waals surface area contributed by atoms with Gasteiger partial charge in [0.1, 0.15) is 6.61 Å². The number of carbonyl (C=O) groups excluding carboxylic acids is 1. The lowest BCUT2D eigenvalue weighted by Crippen LogP contribution is -2.05. The van der Waals surface area contributed by atoms with E-state index in [2.05, 4.69) is 20.9 Å². The van der Waals surface area contributed by atoms with E-state index in [1.807, 2.05) is 24.3 Å². The fourth-order valence-corrected chi connectivity index (χ4v) is 4.30. The van der Waals surface area contributed by atoms with Crippen LogP contribution in [0, 0.1) is 0 Å². The van der Waals surface area contributed by atoms with E-state index in [0.29, 0.717) is 44.3 Å². The molecule has 0 aromatic heterocycles. The van der Waals surface area contributed by atoms with Gasteiger partial charge in [0.05, 0.1) is 22.7 Å². The first-order valence-corrected chi connectivity index (χ1v) is 11.5. The summed E-state index contributed by atoms with van der Waals surface area (Å²) in [4.78, 5) is 16.6. The van der Waals surface area contributed by atoms with Gasteiger partial charge in [-0.15, -0.1) is 0 Å². The number of rotatable bonds is 6. The van der Waals surface area contributed by atoms with E-state index in [4.69, 9.17) is 49.0 Å². The first-order valence-electron chi connectivity index (χ1n) is 9.57. The van der Waals surface area contributed by atoms with E-state index < -0.39 is 5.97 Å². The standard InChI is InChI=1S/C24H15BrCl3NO4/c1-31-21-10-14(8-19(28)22(21)32-12-13-3-2-4-15(25)7-13)9-20-24(30)33-23(29-20)17-6-5-16(26)11-18(17)27/h2-11H,12H2,1H3/b20-9-. The second kappa shape index (κ2) is 10.2. The van der Waals surface area contributed by atoms with Crippen molar-refractivity contribution in [2.75, 3.05) is 7.11 Å². The number of aliphatic imine (C=N–C) groups is 1. The summed E-state index contributed by atoms with van der Waals surface area (Å²) in [6.45, 7) is 0.303. The van der Waals surface area contributed by atoms with Gasteiger partial charge in [-0.2, -0.15) is 0 Å². The van der Waals surface area contributed by atoms with Crippen molar-refractivity contribution in [2.24, 2.45) is 4.99 Å². The van der Waals surface area contributed by atoms with Gasteiger partial charge in [-0.1, -0.05) is 62.9 Å². The van der Waals surface area contributed by atoms with Crippen LogP contribution in [0.1, 0.15) is 16.7 Å². The van der Waals surface area contributed by atoms with Crippen molar-refractivity contribution in [3.8, 4) is 11.5 Å². The highest BCUT2D eigenvalue weighted by molar-refractivity contribution is 9.10. The van der Waals surface area contributed by atoms with Crippen molar-refractivity contribution in [3.05, 3.63) is 96.5 Å². The lowest BCUT2D eigenvalue weighted by Gasteiger charge is -2.13. The molecule has 0 atom stereocenters. The molecule has 0 spiro atoms. The third-order valence-electron chi connectivity index (χ3n) is 4.61. The average molecular weight is 568 g/mol. The summed E-state index contributed by atoms with van der Waals surface area (Å²) in [5.41, 5.74) is 2.11. The second-order valence-electron chi connectivity index (χ2n) is 6.91. The van der Waals surface area contributed by atoms with Crippen LogP contribution in [0.5, 0.6) is 11.5 Å². The number of ether oxygens (including phenoxy) is 3.